The van der Waals surface area contributed by atoms with E-state index in [1.165, 1.54) is 167 Å². The van der Waals surface area contributed by atoms with Crippen molar-refractivity contribution in [3.8, 4) is 0 Å². The number of nitrogens with zero attached hydrogens (tertiary/aromatic N) is 2. The maximum Gasteiger partial charge on any atom is 0.0572 e. The molecule has 0 heterocycles. The molecule has 55 heavy (non-hydrogen) atoms. The Hall–Kier alpha value is -0.420. The summed E-state index contributed by atoms with van der Waals surface area (Å²) in [6.45, 7) is 10.5. The Kier molecular flexibility index (Phi) is 13.9. The first-order chi connectivity index (χ1) is 26.7. The van der Waals surface area contributed by atoms with Gasteiger partial charge in [0.1, 0.15) is 0 Å². The van der Waals surface area contributed by atoms with Gasteiger partial charge in [0.15, 0.2) is 0 Å². The van der Waals surface area contributed by atoms with Crippen molar-refractivity contribution in [2.75, 3.05) is 14.2 Å². The minimum atomic E-state index is 0.475. The van der Waals surface area contributed by atoms with E-state index < -0.39 is 0 Å². The fourth-order valence-electron chi connectivity index (χ4n) is 15.8. The minimum absolute atomic E-state index is 0.475. The Morgan fingerprint density at radius 2 is 0.745 bits per heavy atom. The molecule has 314 valence electrons. The first-order valence-corrected chi connectivity index (χ1v) is 25.0. The summed E-state index contributed by atoms with van der Waals surface area (Å²) >= 11 is 0. The predicted octanol–water partition coefficient (Wildman–Crippen LogP) is 12.6. The summed E-state index contributed by atoms with van der Waals surface area (Å²) in [6, 6.07) is 4.95. The number of methoxy groups -OCH3 is 2. The van der Waals surface area contributed by atoms with Gasteiger partial charge in [-0.3, -0.25) is 9.80 Å². The molecular weight excluding hydrogens is 673 g/mol. The monoisotopic (exact) mass is 761 g/mol. The van der Waals surface area contributed by atoms with Gasteiger partial charge < -0.3 is 9.47 Å². The summed E-state index contributed by atoms with van der Waals surface area (Å²) < 4.78 is 11.7. The van der Waals surface area contributed by atoms with Crippen molar-refractivity contribution in [1.29, 1.82) is 0 Å². The first kappa shape index (κ1) is 41.3. The van der Waals surface area contributed by atoms with Gasteiger partial charge in [0, 0.05) is 50.5 Å². The Morgan fingerprint density at radius 1 is 0.400 bits per heavy atom. The highest BCUT2D eigenvalue weighted by molar-refractivity contribution is 5.10. The van der Waals surface area contributed by atoms with Crippen LogP contribution in [0.2, 0.25) is 0 Å². The van der Waals surface area contributed by atoms with Gasteiger partial charge in [-0.05, 0) is 220 Å². The van der Waals surface area contributed by atoms with E-state index in [9.17, 15) is 0 Å². The Bertz CT molecular complexity index is 1150. The summed E-state index contributed by atoms with van der Waals surface area (Å²) in [6.07, 6.45) is 43.4. The second kappa shape index (κ2) is 18.5. The van der Waals surface area contributed by atoms with E-state index in [0.29, 0.717) is 17.6 Å². The number of rotatable bonds is 10. The molecule has 8 aliphatic rings. The highest BCUT2D eigenvalue weighted by Gasteiger charge is 2.58. The molecule has 8 aliphatic carbocycles. The van der Waals surface area contributed by atoms with Crippen LogP contribution >= 0.6 is 0 Å². The van der Waals surface area contributed by atoms with Gasteiger partial charge in [-0.1, -0.05) is 39.8 Å². The summed E-state index contributed by atoms with van der Waals surface area (Å²) in [7, 11) is 3.87. The lowest BCUT2D eigenvalue weighted by molar-refractivity contribution is -0.0429. The first-order valence-electron chi connectivity index (χ1n) is 25.0. The molecule has 8 fully saturated rings. The third kappa shape index (κ3) is 9.18. The van der Waals surface area contributed by atoms with E-state index in [2.05, 4.69) is 49.6 Å². The maximum atomic E-state index is 5.86. The molecule has 4 nitrogen and oxygen atoms in total. The van der Waals surface area contributed by atoms with Crippen LogP contribution in [0.3, 0.4) is 0 Å². The van der Waals surface area contributed by atoms with Crippen molar-refractivity contribution in [2.45, 2.75) is 243 Å². The van der Waals surface area contributed by atoms with Gasteiger partial charge in [-0.2, -0.15) is 0 Å². The van der Waals surface area contributed by atoms with Crippen LogP contribution in [0, 0.1) is 52.8 Å². The van der Waals surface area contributed by atoms with E-state index in [0.717, 1.165) is 83.6 Å². The molecule has 6 atom stereocenters. The lowest BCUT2D eigenvalue weighted by Gasteiger charge is -2.51. The topological polar surface area (TPSA) is 24.9 Å². The van der Waals surface area contributed by atoms with E-state index in [1.54, 1.807) is 0 Å². The summed E-state index contributed by atoms with van der Waals surface area (Å²) in [4.78, 5) is 6.36. The second-order valence-electron chi connectivity index (χ2n) is 22.4. The third-order valence-corrected chi connectivity index (χ3v) is 19.1. The van der Waals surface area contributed by atoms with Gasteiger partial charge in [-0.25, -0.2) is 0 Å². The normalized spacial score (nSPS) is 46.8. The van der Waals surface area contributed by atoms with Crippen LogP contribution in [0.15, 0.2) is 12.2 Å². The summed E-state index contributed by atoms with van der Waals surface area (Å²) in [5, 5.41) is 0. The van der Waals surface area contributed by atoms with Crippen molar-refractivity contribution in [1.82, 2.24) is 9.80 Å². The van der Waals surface area contributed by atoms with Crippen LogP contribution in [-0.2, 0) is 9.47 Å². The van der Waals surface area contributed by atoms with Crippen LogP contribution in [0.4, 0.5) is 0 Å². The molecule has 0 spiro atoms. The molecule has 0 radical (unpaired) electrons. The number of ether oxygens (including phenoxy) is 2. The molecule has 0 aromatic rings. The van der Waals surface area contributed by atoms with Gasteiger partial charge in [0.05, 0.1) is 12.2 Å². The van der Waals surface area contributed by atoms with Crippen molar-refractivity contribution in [2.24, 2.45) is 52.8 Å². The van der Waals surface area contributed by atoms with Crippen LogP contribution in [0.1, 0.15) is 195 Å². The molecule has 4 heteroatoms. The molecule has 0 aliphatic heterocycles. The molecule has 0 N–H and O–H groups in total. The molecule has 0 amide bonds. The van der Waals surface area contributed by atoms with E-state index in [-0.39, 0.29) is 0 Å². The number of allylic oxidation sites excluding steroid dienone is 2. The molecule has 6 unspecified atom stereocenters. The molecule has 8 saturated carbocycles. The zero-order valence-electron chi connectivity index (χ0n) is 37.0. The lowest BCUT2D eigenvalue weighted by atomic mass is 9.65. The van der Waals surface area contributed by atoms with Gasteiger partial charge in [-0.15, -0.1) is 0 Å². The van der Waals surface area contributed by atoms with Crippen LogP contribution in [-0.4, -0.2) is 72.5 Å². The van der Waals surface area contributed by atoms with Crippen molar-refractivity contribution >= 4 is 0 Å². The largest absolute Gasteiger partial charge is 0.381 e. The van der Waals surface area contributed by atoms with E-state index >= 15 is 0 Å². The SMILES string of the molecule is COC1CCC(N(C2CCC(OC)CC2)C2CCC3C4CCC(/C=C/C5CCC(N(C6CCC(C)CC6)C6CCC(C)CC6)CC5)CC4C(C)(C)C3C2)CC1. The quantitative estimate of drug-likeness (QED) is 0.207. The molecular formula is C51H88N2O2. The second-order valence-corrected chi connectivity index (χ2v) is 22.4. The maximum absolute atomic E-state index is 5.86. The Morgan fingerprint density at radius 3 is 1.22 bits per heavy atom. The number of hydrogen-bond acceptors (Lipinski definition) is 4. The molecule has 0 aromatic carbocycles. The zero-order chi connectivity index (χ0) is 38.1. The van der Waals surface area contributed by atoms with Gasteiger partial charge in [0.2, 0.25) is 0 Å². The van der Waals surface area contributed by atoms with Crippen LogP contribution in [0.5, 0.6) is 0 Å². The smallest absolute Gasteiger partial charge is 0.0572 e. The predicted molar refractivity (Wildman–Crippen MR) is 230 cm³/mol. The van der Waals surface area contributed by atoms with Gasteiger partial charge in [0.25, 0.3) is 0 Å². The molecule has 0 aromatic heterocycles. The van der Waals surface area contributed by atoms with Crippen LogP contribution < -0.4 is 0 Å². The fraction of sp³-hybridized carbons (Fsp3) is 0.961. The fourth-order valence-corrected chi connectivity index (χ4v) is 15.8. The summed E-state index contributed by atoms with van der Waals surface area (Å²) in [5.74, 6) is 7.36. The Labute approximate surface area is 340 Å². The average molecular weight is 761 g/mol. The Balaban J connectivity index is 0.874. The third-order valence-electron chi connectivity index (χ3n) is 19.1. The zero-order valence-corrected chi connectivity index (χ0v) is 37.0. The summed E-state index contributed by atoms with van der Waals surface area (Å²) in [5.41, 5.74) is 0.475. The molecule has 8 rings (SSSR count). The highest BCUT2D eigenvalue weighted by Crippen LogP contribution is 2.64. The van der Waals surface area contributed by atoms with Crippen molar-refractivity contribution < 1.29 is 9.47 Å². The lowest BCUT2D eigenvalue weighted by Crippen LogP contribution is -2.54. The molecule has 0 saturated heterocycles. The standard InChI is InChI=1S/C51H88N2O2/c1-35-7-16-39(17-8-35)52(40-18-9-36(2)10-19-40)41-20-13-37(14-21-41)11-12-38-15-31-47-48-32-26-44(34-50(48)51(3,4)49(47)33-38)53(42-22-27-45(54-5)28-23-42)43-24-29-46(55-6)30-25-43/h11-12,35-50H,7-10,13-34H2,1-6H3/b12-11+. The van der Waals surface area contributed by atoms with E-state index in [1.807, 2.05) is 14.2 Å². The number of hydrogen-bond donors (Lipinski definition) is 0. The average Bonchev–Trinajstić information content (AvgIpc) is 3.44. The van der Waals surface area contributed by atoms with Gasteiger partial charge >= 0.3 is 0 Å². The number of fused-ring (bicyclic) bond motifs is 3. The minimum Gasteiger partial charge on any atom is -0.381 e. The van der Waals surface area contributed by atoms with Crippen molar-refractivity contribution in [3.05, 3.63) is 12.2 Å². The van der Waals surface area contributed by atoms with Crippen LogP contribution in [0.25, 0.3) is 0 Å². The van der Waals surface area contributed by atoms with Crippen molar-refractivity contribution in [3.63, 3.8) is 0 Å². The highest BCUT2D eigenvalue weighted by atomic mass is 16.5. The van der Waals surface area contributed by atoms with E-state index in [4.69, 9.17) is 9.47 Å². The molecule has 0 bridgehead atoms.